The van der Waals surface area contributed by atoms with E-state index >= 15 is 0 Å². The van der Waals surface area contributed by atoms with E-state index in [1.165, 1.54) is 0 Å². The van der Waals surface area contributed by atoms with E-state index in [0.29, 0.717) is 6.42 Å². The molecule has 0 fully saturated rings. The standard InChI is InChI=1S/C13H19NO4/c1-4-6-7-11(8-12(15)17-5-2)18-13(16)10(3)9-14/h11H,3-8H2,1-2H3. The Labute approximate surface area is 107 Å². The van der Waals surface area contributed by atoms with E-state index in [1.54, 1.807) is 13.0 Å². The summed E-state index contributed by atoms with van der Waals surface area (Å²) in [6.07, 6.45) is 1.78. The van der Waals surface area contributed by atoms with Crippen molar-refractivity contribution in [2.45, 2.75) is 45.6 Å². The third-order valence-electron chi connectivity index (χ3n) is 2.23. The van der Waals surface area contributed by atoms with Crippen LogP contribution >= 0.6 is 0 Å². The second-order valence-electron chi connectivity index (χ2n) is 3.77. The average molecular weight is 253 g/mol. The van der Waals surface area contributed by atoms with Gasteiger partial charge in [-0.25, -0.2) is 4.79 Å². The second-order valence-corrected chi connectivity index (χ2v) is 3.77. The molecular formula is C13H19NO4. The summed E-state index contributed by atoms with van der Waals surface area (Å²) < 4.78 is 9.86. The van der Waals surface area contributed by atoms with Gasteiger partial charge in [-0.15, -0.1) is 0 Å². The van der Waals surface area contributed by atoms with E-state index in [4.69, 9.17) is 14.7 Å². The summed E-state index contributed by atoms with van der Waals surface area (Å²) in [6.45, 7) is 7.27. The number of rotatable bonds is 8. The quantitative estimate of drug-likeness (QED) is 0.376. The van der Waals surface area contributed by atoms with Gasteiger partial charge in [0, 0.05) is 0 Å². The summed E-state index contributed by atoms with van der Waals surface area (Å²) in [5.41, 5.74) is -0.264. The second kappa shape index (κ2) is 9.23. The summed E-state index contributed by atoms with van der Waals surface area (Å²) in [6, 6.07) is 1.62. The highest BCUT2D eigenvalue weighted by molar-refractivity contribution is 5.92. The van der Waals surface area contributed by atoms with E-state index in [2.05, 4.69) is 6.58 Å². The van der Waals surface area contributed by atoms with Gasteiger partial charge in [0.15, 0.2) is 0 Å². The number of nitrogens with zero attached hydrogens (tertiary/aromatic N) is 1. The topological polar surface area (TPSA) is 76.4 Å². The maximum Gasteiger partial charge on any atom is 0.348 e. The van der Waals surface area contributed by atoms with Crippen LogP contribution in [-0.4, -0.2) is 24.6 Å². The van der Waals surface area contributed by atoms with Gasteiger partial charge in [-0.05, 0) is 13.3 Å². The number of carbonyl (C=O) groups is 2. The third kappa shape index (κ3) is 6.69. The molecule has 0 N–H and O–H groups in total. The van der Waals surface area contributed by atoms with Crippen molar-refractivity contribution in [2.24, 2.45) is 0 Å². The molecule has 1 unspecified atom stereocenters. The maximum absolute atomic E-state index is 11.4. The summed E-state index contributed by atoms with van der Waals surface area (Å²) in [4.78, 5) is 22.7. The van der Waals surface area contributed by atoms with Crippen LogP contribution in [0.5, 0.6) is 0 Å². The van der Waals surface area contributed by atoms with Gasteiger partial charge >= 0.3 is 11.9 Å². The minimum absolute atomic E-state index is 0.0122. The molecule has 0 bridgehead atoms. The lowest BCUT2D eigenvalue weighted by Crippen LogP contribution is -2.23. The van der Waals surface area contributed by atoms with Crippen LogP contribution in [0, 0.1) is 11.3 Å². The van der Waals surface area contributed by atoms with Crippen LogP contribution in [0.3, 0.4) is 0 Å². The van der Waals surface area contributed by atoms with Crippen molar-refractivity contribution < 1.29 is 19.1 Å². The molecule has 5 nitrogen and oxygen atoms in total. The van der Waals surface area contributed by atoms with Crippen LogP contribution in [0.2, 0.25) is 0 Å². The number of nitriles is 1. The highest BCUT2D eigenvalue weighted by Gasteiger charge is 2.20. The van der Waals surface area contributed by atoms with E-state index in [-0.39, 0.29) is 18.6 Å². The van der Waals surface area contributed by atoms with E-state index in [1.807, 2.05) is 6.92 Å². The van der Waals surface area contributed by atoms with Crippen LogP contribution in [0.15, 0.2) is 12.2 Å². The van der Waals surface area contributed by atoms with Gasteiger partial charge in [-0.3, -0.25) is 4.79 Å². The van der Waals surface area contributed by atoms with E-state index in [9.17, 15) is 9.59 Å². The summed E-state index contributed by atoms with van der Waals surface area (Å²) >= 11 is 0. The van der Waals surface area contributed by atoms with Crippen LogP contribution in [0.25, 0.3) is 0 Å². The fraction of sp³-hybridized carbons (Fsp3) is 0.615. The number of unbranched alkanes of at least 4 members (excludes halogenated alkanes) is 1. The first-order chi connectivity index (χ1) is 8.54. The molecule has 0 aromatic carbocycles. The van der Waals surface area contributed by atoms with Crippen molar-refractivity contribution in [3.63, 3.8) is 0 Å². The van der Waals surface area contributed by atoms with Crippen molar-refractivity contribution in [3.8, 4) is 6.07 Å². The Morgan fingerprint density at radius 1 is 1.39 bits per heavy atom. The summed E-state index contributed by atoms with van der Waals surface area (Å²) in [5, 5.41) is 8.52. The number of esters is 2. The molecule has 0 rings (SSSR count). The van der Waals surface area contributed by atoms with Gasteiger partial charge < -0.3 is 9.47 Å². The summed E-state index contributed by atoms with van der Waals surface area (Å²) in [7, 11) is 0. The lowest BCUT2D eigenvalue weighted by atomic mass is 10.1. The molecule has 0 amide bonds. The molecule has 0 spiro atoms. The average Bonchev–Trinajstić information content (AvgIpc) is 2.34. The molecule has 0 aromatic rings. The van der Waals surface area contributed by atoms with Crippen molar-refractivity contribution in [2.75, 3.05) is 6.61 Å². The first kappa shape index (κ1) is 16.2. The van der Waals surface area contributed by atoms with Crippen LogP contribution < -0.4 is 0 Å². The molecule has 0 saturated carbocycles. The normalized spacial score (nSPS) is 11.2. The fourth-order valence-corrected chi connectivity index (χ4v) is 1.31. The van der Waals surface area contributed by atoms with Gasteiger partial charge in [0.2, 0.25) is 0 Å². The molecule has 0 saturated heterocycles. The summed E-state index contributed by atoms with van der Waals surface area (Å²) in [5.74, 6) is -1.18. The zero-order valence-corrected chi connectivity index (χ0v) is 10.9. The highest BCUT2D eigenvalue weighted by atomic mass is 16.6. The van der Waals surface area contributed by atoms with Crippen molar-refractivity contribution >= 4 is 11.9 Å². The Hall–Kier alpha value is -1.83. The minimum Gasteiger partial charge on any atom is -0.466 e. The Bertz CT molecular complexity index is 343. The molecule has 0 aliphatic rings. The molecule has 0 aromatic heterocycles. The monoisotopic (exact) mass is 253 g/mol. The van der Waals surface area contributed by atoms with Gasteiger partial charge in [0.25, 0.3) is 0 Å². The number of carbonyl (C=O) groups excluding carboxylic acids is 2. The predicted octanol–water partition coefficient (Wildman–Crippen LogP) is 2.12. The molecule has 0 aliphatic heterocycles. The zero-order chi connectivity index (χ0) is 14.0. The smallest absolute Gasteiger partial charge is 0.348 e. The van der Waals surface area contributed by atoms with Gasteiger partial charge in [-0.2, -0.15) is 5.26 Å². The largest absolute Gasteiger partial charge is 0.466 e. The molecule has 0 radical (unpaired) electrons. The predicted molar refractivity (Wildman–Crippen MR) is 65.4 cm³/mol. The zero-order valence-electron chi connectivity index (χ0n) is 10.9. The maximum atomic E-state index is 11.4. The SMILES string of the molecule is C=C(C#N)C(=O)OC(CCCC)CC(=O)OCC. The van der Waals surface area contributed by atoms with Gasteiger partial charge in [0.05, 0.1) is 13.0 Å². The van der Waals surface area contributed by atoms with E-state index in [0.717, 1.165) is 12.8 Å². The number of hydrogen-bond donors (Lipinski definition) is 0. The lowest BCUT2D eigenvalue weighted by Gasteiger charge is -2.16. The van der Waals surface area contributed by atoms with Crippen molar-refractivity contribution in [1.29, 1.82) is 5.26 Å². The molecule has 0 aliphatic carbocycles. The third-order valence-corrected chi connectivity index (χ3v) is 2.23. The van der Waals surface area contributed by atoms with E-state index < -0.39 is 18.0 Å². The first-order valence-corrected chi connectivity index (χ1v) is 6.00. The minimum atomic E-state index is -0.775. The Kier molecular flexibility index (Phi) is 8.29. The fourth-order valence-electron chi connectivity index (χ4n) is 1.31. The molecule has 5 heteroatoms. The van der Waals surface area contributed by atoms with Crippen molar-refractivity contribution in [1.82, 2.24) is 0 Å². The molecule has 18 heavy (non-hydrogen) atoms. The molecular weight excluding hydrogens is 234 g/mol. The first-order valence-electron chi connectivity index (χ1n) is 6.00. The molecule has 1 atom stereocenters. The van der Waals surface area contributed by atoms with Crippen LogP contribution in [0.1, 0.15) is 39.5 Å². The van der Waals surface area contributed by atoms with Gasteiger partial charge in [0.1, 0.15) is 17.7 Å². The molecule has 0 heterocycles. The van der Waals surface area contributed by atoms with Crippen molar-refractivity contribution in [3.05, 3.63) is 12.2 Å². The highest BCUT2D eigenvalue weighted by Crippen LogP contribution is 2.12. The molecule has 100 valence electrons. The Balaban J connectivity index is 4.39. The Morgan fingerprint density at radius 3 is 2.56 bits per heavy atom. The number of hydrogen-bond acceptors (Lipinski definition) is 5. The Morgan fingerprint density at radius 2 is 2.06 bits per heavy atom. The lowest BCUT2D eigenvalue weighted by molar-refractivity contribution is -0.152. The number of ether oxygens (including phenoxy) is 2. The van der Waals surface area contributed by atoms with Crippen LogP contribution in [-0.2, 0) is 19.1 Å². The van der Waals surface area contributed by atoms with Gasteiger partial charge in [-0.1, -0.05) is 26.3 Å². The van der Waals surface area contributed by atoms with Crippen LogP contribution in [0.4, 0.5) is 0 Å².